The zero-order valence-electron chi connectivity index (χ0n) is 18.2. The number of anilines is 2. The highest BCUT2D eigenvalue weighted by molar-refractivity contribution is 7.98. The Morgan fingerprint density at radius 2 is 1.77 bits per heavy atom. The van der Waals surface area contributed by atoms with E-state index in [9.17, 15) is 4.79 Å². The van der Waals surface area contributed by atoms with Crippen LogP contribution in [0.2, 0.25) is 0 Å². The molecule has 30 heavy (non-hydrogen) atoms. The molecule has 1 aromatic carbocycles. The molecule has 1 unspecified atom stereocenters. The highest BCUT2D eigenvalue weighted by Gasteiger charge is 2.28. The fraction of sp³-hybridized carbons (Fsp3) is 0.500. The van der Waals surface area contributed by atoms with Crippen LogP contribution >= 0.6 is 11.8 Å². The van der Waals surface area contributed by atoms with E-state index in [1.165, 1.54) is 0 Å². The molecular weight excluding hydrogens is 398 g/mol. The van der Waals surface area contributed by atoms with Crippen molar-refractivity contribution in [2.24, 2.45) is 0 Å². The molecule has 162 valence electrons. The third-order valence-electron chi connectivity index (χ3n) is 5.22. The topological polar surface area (TPSA) is 70.6 Å². The zero-order valence-corrected chi connectivity index (χ0v) is 19.0. The molecule has 1 aliphatic rings. The van der Waals surface area contributed by atoms with Crippen LogP contribution < -0.4 is 15.0 Å². The Morgan fingerprint density at radius 1 is 1.13 bits per heavy atom. The highest BCUT2D eigenvalue weighted by atomic mass is 32.2. The van der Waals surface area contributed by atoms with Crippen molar-refractivity contribution in [3.05, 3.63) is 41.7 Å². The molecule has 1 atom stereocenters. The number of piperazine rings is 1. The number of aryl methyl sites for hydroxylation is 2. The lowest BCUT2D eigenvalue weighted by Crippen LogP contribution is -2.53. The molecule has 8 heteroatoms. The van der Waals surface area contributed by atoms with E-state index in [0.29, 0.717) is 19.0 Å². The number of rotatable bonds is 8. The molecule has 1 aromatic heterocycles. The molecule has 7 nitrogen and oxygen atoms in total. The number of thioether (sulfide) groups is 1. The summed E-state index contributed by atoms with van der Waals surface area (Å²) < 4.78 is 5.24. The van der Waals surface area contributed by atoms with Crippen LogP contribution in [0.1, 0.15) is 17.8 Å². The zero-order chi connectivity index (χ0) is 21.5. The molecule has 2 heterocycles. The summed E-state index contributed by atoms with van der Waals surface area (Å²) in [5.41, 5.74) is 2.95. The number of carbonyl (C=O) groups excluding carboxylic acids is 1. The summed E-state index contributed by atoms with van der Waals surface area (Å²) in [6, 6.07) is 9.69. The van der Waals surface area contributed by atoms with Crippen molar-refractivity contribution in [2.75, 3.05) is 55.5 Å². The quantitative estimate of drug-likeness (QED) is 0.692. The predicted octanol–water partition coefficient (Wildman–Crippen LogP) is 2.98. The predicted molar refractivity (Wildman–Crippen MR) is 124 cm³/mol. The van der Waals surface area contributed by atoms with Gasteiger partial charge in [-0.25, -0.2) is 9.97 Å². The normalized spacial score (nSPS) is 15.1. The molecule has 2 aromatic rings. The van der Waals surface area contributed by atoms with E-state index >= 15 is 0 Å². The van der Waals surface area contributed by atoms with Gasteiger partial charge >= 0.3 is 0 Å². The largest absolute Gasteiger partial charge is 0.497 e. The maximum absolute atomic E-state index is 13.3. The molecule has 3 rings (SSSR count). The van der Waals surface area contributed by atoms with E-state index in [1.54, 1.807) is 18.9 Å². The number of ether oxygens (including phenoxy) is 1. The standard InChI is InChI=1S/C22H31N5O2S/c1-16-15-17(2)24-22(23-16)25-20(9-14-30-4)21(28)27-12-10-26(11-13-27)18-5-7-19(29-3)8-6-18/h5-8,15,20H,9-14H2,1-4H3,(H,23,24,25). The van der Waals surface area contributed by atoms with Gasteiger partial charge in [-0.05, 0) is 62.6 Å². The Labute approximate surface area is 183 Å². The third-order valence-corrected chi connectivity index (χ3v) is 5.87. The van der Waals surface area contributed by atoms with Gasteiger partial charge in [0.25, 0.3) is 0 Å². The van der Waals surface area contributed by atoms with Gasteiger partial charge in [0, 0.05) is 43.3 Å². The summed E-state index contributed by atoms with van der Waals surface area (Å²) in [7, 11) is 1.67. The average molecular weight is 430 g/mol. The van der Waals surface area contributed by atoms with Gasteiger partial charge < -0.3 is 19.9 Å². The molecule has 0 spiro atoms. The first kappa shape index (κ1) is 22.2. The van der Waals surface area contributed by atoms with Gasteiger partial charge in [0.15, 0.2) is 0 Å². The van der Waals surface area contributed by atoms with Gasteiger partial charge in [-0.1, -0.05) is 0 Å². The lowest BCUT2D eigenvalue weighted by atomic mass is 10.1. The van der Waals surface area contributed by atoms with Crippen LogP contribution in [0.3, 0.4) is 0 Å². The van der Waals surface area contributed by atoms with Crippen LogP contribution in [0.5, 0.6) is 5.75 Å². The lowest BCUT2D eigenvalue weighted by Gasteiger charge is -2.37. The van der Waals surface area contributed by atoms with Crippen molar-refractivity contribution in [1.82, 2.24) is 14.9 Å². The number of hydrogen-bond acceptors (Lipinski definition) is 7. The second-order valence-corrected chi connectivity index (χ2v) is 8.45. The van der Waals surface area contributed by atoms with E-state index in [0.717, 1.165) is 48.1 Å². The molecular formula is C22H31N5O2S. The molecule has 1 amide bonds. The molecule has 1 aliphatic heterocycles. The fourth-order valence-corrected chi connectivity index (χ4v) is 4.11. The van der Waals surface area contributed by atoms with E-state index in [-0.39, 0.29) is 11.9 Å². The van der Waals surface area contributed by atoms with Crippen molar-refractivity contribution in [1.29, 1.82) is 0 Å². The minimum atomic E-state index is -0.314. The smallest absolute Gasteiger partial charge is 0.245 e. The molecule has 1 N–H and O–H groups in total. The number of nitrogens with one attached hydrogen (secondary N) is 1. The van der Waals surface area contributed by atoms with E-state index < -0.39 is 0 Å². The molecule has 0 bridgehead atoms. The first-order valence-corrected chi connectivity index (χ1v) is 11.6. The lowest BCUT2D eigenvalue weighted by molar-refractivity contribution is -0.132. The Hall–Kier alpha value is -2.48. The Bertz CT molecular complexity index is 818. The second kappa shape index (κ2) is 10.5. The average Bonchev–Trinajstić information content (AvgIpc) is 2.75. The third kappa shape index (κ3) is 5.78. The summed E-state index contributed by atoms with van der Waals surface area (Å²) in [6.45, 7) is 6.92. The molecule has 0 saturated carbocycles. The number of carbonyl (C=O) groups is 1. The van der Waals surface area contributed by atoms with Crippen LogP contribution in [0.25, 0.3) is 0 Å². The van der Waals surface area contributed by atoms with Gasteiger partial charge in [0.1, 0.15) is 11.8 Å². The maximum Gasteiger partial charge on any atom is 0.245 e. The van der Waals surface area contributed by atoms with Crippen LogP contribution in [0.4, 0.5) is 11.6 Å². The Morgan fingerprint density at radius 3 is 2.33 bits per heavy atom. The summed E-state index contributed by atoms with van der Waals surface area (Å²) in [5.74, 6) is 2.41. The summed E-state index contributed by atoms with van der Waals surface area (Å²) in [4.78, 5) is 26.4. The number of aromatic nitrogens is 2. The molecule has 0 aliphatic carbocycles. The number of hydrogen-bond donors (Lipinski definition) is 1. The summed E-state index contributed by atoms with van der Waals surface area (Å²) in [6.07, 6.45) is 2.80. The van der Waals surface area contributed by atoms with Gasteiger partial charge in [0.2, 0.25) is 11.9 Å². The molecule has 1 saturated heterocycles. The number of amides is 1. The van der Waals surface area contributed by atoms with Gasteiger partial charge in [-0.15, -0.1) is 0 Å². The van der Waals surface area contributed by atoms with Crippen molar-refractivity contribution in [3.8, 4) is 5.75 Å². The van der Waals surface area contributed by atoms with E-state index in [2.05, 4.69) is 38.6 Å². The van der Waals surface area contributed by atoms with Gasteiger partial charge in [-0.3, -0.25) is 4.79 Å². The van der Waals surface area contributed by atoms with Gasteiger partial charge in [-0.2, -0.15) is 11.8 Å². The van der Waals surface area contributed by atoms with Crippen molar-refractivity contribution in [2.45, 2.75) is 26.3 Å². The second-order valence-electron chi connectivity index (χ2n) is 7.46. The number of methoxy groups -OCH3 is 1. The van der Waals surface area contributed by atoms with E-state index in [1.807, 2.05) is 36.9 Å². The fourth-order valence-electron chi connectivity index (χ4n) is 3.64. The SMILES string of the molecule is COc1ccc(N2CCN(C(=O)C(CCSC)Nc3nc(C)cc(C)n3)CC2)cc1. The van der Waals surface area contributed by atoms with Crippen LogP contribution in [0, 0.1) is 13.8 Å². The van der Waals surface area contributed by atoms with Crippen LogP contribution in [-0.4, -0.2) is 72.1 Å². The Balaban J connectivity index is 1.63. The molecule has 1 fully saturated rings. The first-order valence-electron chi connectivity index (χ1n) is 10.3. The van der Waals surface area contributed by atoms with Crippen molar-refractivity contribution in [3.63, 3.8) is 0 Å². The van der Waals surface area contributed by atoms with Gasteiger partial charge in [0.05, 0.1) is 7.11 Å². The monoisotopic (exact) mass is 429 g/mol. The van der Waals surface area contributed by atoms with Crippen LogP contribution in [0.15, 0.2) is 30.3 Å². The summed E-state index contributed by atoms with van der Waals surface area (Å²) in [5, 5.41) is 3.29. The van der Waals surface area contributed by atoms with Crippen molar-refractivity contribution >= 4 is 29.3 Å². The minimum absolute atomic E-state index is 0.126. The number of benzene rings is 1. The van der Waals surface area contributed by atoms with Crippen molar-refractivity contribution < 1.29 is 9.53 Å². The Kier molecular flexibility index (Phi) is 7.79. The highest BCUT2D eigenvalue weighted by Crippen LogP contribution is 2.21. The maximum atomic E-state index is 13.3. The molecule has 0 radical (unpaired) electrons. The van der Waals surface area contributed by atoms with Crippen LogP contribution in [-0.2, 0) is 4.79 Å². The summed E-state index contributed by atoms with van der Waals surface area (Å²) >= 11 is 1.74. The minimum Gasteiger partial charge on any atom is -0.497 e. The van der Waals surface area contributed by atoms with E-state index in [4.69, 9.17) is 4.74 Å². The number of nitrogens with zero attached hydrogens (tertiary/aromatic N) is 4. The first-order chi connectivity index (χ1) is 14.5.